The summed E-state index contributed by atoms with van der Waals surface area (Å²) in [5.41, 5.74) is 0. The van der Waals surface area contributed by atoms with Gasteiger partial charge in [-0.1, -0.05) is 6.42 Å². The van der Waals surface area contributed by atoms with E-state index in [2.05, 4.69) is 5.32 Å². The normalized spacial score (nSPS) is 14.9. The van der Waals surface area contributed by atoms with Crippen molar-refractivity contribution >= 4 is 17.8 Å². The van der Waals surface area contributed by atoms with Crippen molar-refractivity contribution in [2.24, 2.45) is 5.92 Å². The van der Waals surface area contributed by atoms with Gasteiger partial charge < -0.3 is 15.3 Å². The number of carbonyl (C=O) groups is 3. The molecule has 1 aliphatic rings. The largest absolute Gasteiger partial charge is 0.481 e. The number of carboxylic acid groups (broad SMARTS) is 1. The number of nitrogens with one attached hydrogen (secondary N) is 1. The van der Waals surface area contributed by atoms with Gasteiger partial charge in [0.05, 0.1) is 6.42 Å². The molecule has 108 valence electrons. The van der Waals surface area contributed by atoms with Crippen LogP contribution in [-0.4, -0.2) is 47.4 Å². The molecule has 0 saturated carbocycles. The molecule has 1 heterocycles. The van der Waals surface area contributed by atoms with E-state index >= 15 is 0 Å². The topological polar surface area (TPSA) is 86.7 Å². The quantitative estimate of drug-likeness (QED) is 0.633. The highest BCUT2D eigenvalue weighted by atomic mass is 16.4. The molecule has 0 aliphatic carbocycles. The number of carboxylic acids is 1. The molecule has 1 saturated heterocycles. The number of amides is 2. The van der Waals surface area contributed by atoms with Crippen molar-refractivity contribution in [1.29, 1.82) is 0 Å². The number of carbonyl (C=O) groups excluding carboxylic acids is 2. The third-order valence-electron chi connectivity index (χ3n) is 3.21. The fourth-order valence-electron chi connectivity index (χ4n) is 2.15. The van der Waals surface area contributed by atoms with Crippen LogP contribution in [0, 0.1) is 5.92 Å². The molecule has 1 fully saturated rings. The van der Waals surface area contributed by atoms with E-state index in [0.717, 1.165) is 19.3 Å². The number of hydrogen-bond donors (Lipinski definition) is 2. The minimum atomic E-state index is -0.796. The van der Waals surface area contributed by atoms with E-state index in [0.29, 0.717) is 26.1 Å². The zero-order valence-electron chi connectivity index (χ0n) is 11.4. The van der Waals surface area contributed by atoms with Gasteiger partial charge in [0.2, 0.25) is 11.8 Å². The molecule has 0 unspecified atom stereocenters. The molecule has 2 N–H and O–H groups in total. The van der Waals surface area contributed by atoms with Crippen molar-refractivity contribution in [2.45, 2.75) is 39.0 Å². The number of nitrogens with zero attached hydrogens (tertiary/aromatic N) is 1. The van der Waals surface area contributed by atoms with Crippen LogP contribution in [0.15, 0.2) is 0 Å². The minimum Gasteiger partial charge on any atom is -0.481 e. The monoisotopic (exact) mass is 270 g/mol. The van der Waals surface area contributed by atoms with Crippen molar-refractivity contribution in [3.05, 3.63) is 0 Å². The molecule has 0 radical (unpaired) electrons. The summed E-state index contributed by atoms with van der Waals surface area (Å²) in [5.74, 6) is -0.585. The van der Waals surface area contributed by atoms with Crippen LogP contribution in [0.4, 0.5) is 0 Å². The average molecular weight is 270 g/mol. The van der Waals surface area contributed by atoms with Crippen LogP contribution in [0.1, 0.15) is 39.0 Å². The zero-order valence-corrected chi connectivity index (χ0v) is 11.4. The van der Waals surface area contributed by atoms with Crippen LogP contribution in [0.2, 0.25) is 0 Å². The summed E-state index contributed by atoms with van der Waals surface area (Å²) in [4.78, 5) is 34.5. The molecule has 1 aliphatic heterocycles. The number of unbranched alkanes of at least 4 members (excludes halogenated alkanes) is 2. The Balaban J connectivity index is 1.98. The Labute approximate surface area is 113 Å². The van der Waals surface area contributed by atoms with E-state index in [9.17, 15) is 14.4 Å². The van der Waals surface area contributed by atoms with Crippen molar-refractivity contribution in [2.75, 3.05) is 19.6 Å². The van der Waals surface area contributed by atoms with Crippen molar-refractivity contribution in [1.82, 2.24) is 10.2 Å². The first-order valence-electron chi connectivity index (χ1n) is 6.73. The SMILES string of the molecule is CC(=O)NCCCCCC(=O)N1CC(CC(=O)O)C1. The molecular weight excluding hydrogens is 248 g/mol. The maximum absolute atomic E-state index is 11.7. The van der Waals surface area contributed by atoms with Gasteiger partial charge in [0, 0.05) is 38.9 Å². The zero-order chi connectivity index (χ0) is 14.3. The standard InChI is InChI=1S/C13H22N2O4/c1-10(16)14-6-4-2-3-5-12(17)15-8-11(9-15)7-13(18)19/h11H,2-9H2,1H3,(H,14,16)(H,18,19). The second-order valence-electron chi connectivity index (χ2n) is 5.06. The first-order valence-corrected chi connectivity index (χ1v) is 6.73. The number of aliphatic carboxylic acids is 1. The van der Waals surface area contributed by atoms with Gasteiger partial charge in [-0.2, -0.15) is 0 Å². The van der Waals surface area contributed by atoms with Gasteiger partial charge in [-0.05, 0) is 12.8 Å². The molecule has 19 heavy (non-hydrogen) atoms. The lowest BCUT2D eigenvalue weighted by molar-refractivity contribution is -0.145. The second-order valence-corrected chi connectivity index (χ2v) is 5.06. The smallest absolute Gasteiger partial charge is 0.303 e. The number of rotatable bonds is 8. The van der Waals surface area contributed by atoms with Crippen molar-refractivity contribution in [3.8, 4) is 0 Å². The van der Waals surface area contributed by atoms with Crippen LogP contribution >= 0.6 is 0 Å². The van der Waals surface area contributed by atoms with Gasteiger partial charge >= 0.3 is 5.97 Å². The number of hydrogen-bond acceptors (Lipinski definition) is 3. The summed E-state index contributed by atoms with van der Waals surface area (Å²) in [5, 5.41) is 11.3. The maximum atomic E-state index is 11.7. The highest BCUT2D eigenvalue weighted by molar-refractivity contribution is 5.77. The Kier molecular flexibility index (Phi) is 6.32. The first-order chi connectivity index (χ1) is 8.99. The lowest BCUT2D eigenvalue weighted by atomic mass is 9.96. The summed E-state index contributed by atoms with van der Waals surface area (Å²) in [6.45, 7) is 3.31. The number of likely N-dealkylation sites (tertiary alicyclic amines) is 1. The van der Waals surface area contributed by atoms with Crippen molar-refractivity contribution < 1.29 is 19.5 Å². The van der Waals surface area contributed by atoms with E-state index in [4.69, 9.17) is 5.11 Å². The molecule has 0 spiro atoms. The predicted octanol–water partition coefficient (Wildman–Crippen LogP) is 0.616. The van der Waals surface area contributed by atoms with E-state index in [1.165, 1.54) is 6.92 Å². The molecule has 2 amide bonds. The van der Waals surface area contributed by atoms with E-state index in [-0.39, 0.29) is 24.2 Å². The third-order valence-corrected chi connectivity index (χ3v) is 3.21. The van der Waals surface area contributed by atoms with Gasteiger partial charge in [0.15, 0.2) is 0 Å². The lowest BCUT2D eigenvalue weighted by Gasteiger charge is -2.38. The predicted molar refractivity (Wildman–Crippen MR) is 69.5 cm³/mol. The molecule has 0 aromatic carbocycles. The van der Waals surface area contributed by atoms with Crippen LogP contribution < -0.4 is 5.32 Å². The Morgan fingerprint density at radius 1 is 1.21 bits per heavy atom. The van der Waals surface area contributed by atoms with Gasteiger partial charge in [-0.3, -0.25) is 14.4 Å². The lowest BCUT2D eigenvalue weighted by Crippen LogP contribution is -2.50. The van der Waals surface area contributed by atoms with Gasteiger partial charge in [-0.15, -0.1) is 0 Å². The van der Waals surface area contributed by atoms with E-state index in [1.807, 2.05) is 0 Å². The molecular formula is C13H22N2O4. The van der Waals surface area contributed by atoms with Gasteiger partial charge in [0.1, 0.15) is 0 Å². The Morgan fingerprint density at radius 2 is 1.89 bits per heavy atom. The van der Waals surface area contributed by atoms with Crippen LogP contribution in [-0.2, 0) is 14.4 Å². The molecule has 0 bridgehead atoms. The molecule has 6 nitrogen and oxygen atoms in total. The Morgan fingerprint density at radius 3 is 2.47 bits per heavy atom. The van der Waals surface area contributed by atoms with E-state index in [1.54, 1.807) is 4.90 Å². The molecule has 6 heteroatoms. The fourth-order valence-corrected chi connectivity index (χ4v) is 2.15. The molecule has 0 aromatic heterocycles. The van der Waals surface area contributed by atoms with E-state index < -0.39 is 5.97 Å². The van der Waals surface area contributed by atoms with Crippen LogP contribution in [0.3, 0.4) is 0 Å². The second kappa shape index (κ2) is 7.76. The molecule has 0 atom stereocenters. The summed E-state index contributed by atoms with van der Waals surface area (Å²) in [7, 11) is 0. The summed E-state index contributed by atoms with van der Waals surface area (Å²) >= 11 is 0. The maximum Gasteiger partial charge on any atom is 0.303 e. The first kappa shape index (κ1) is 15.5. The van der Waals surface area contributed by atoms with Gasteiger partial charge in [0.25, 0.3) is 0 Å². The minimum absolute atomic E-state index is 0.0267. The highest BCUT2D eigenvalue weighted by Gasteiger charge is 2.31. The summed E-state index contributed by atoms with van der Waals surface area (Å²) in [6.07, 6.45) is 3.28. The van der Waals surface area contributed by atoms with Crippen LogP contribution in [0.25, 0.3) is 0 Å². The molecule has 1 rings (SSSR count). The fraction of sp³-hybridized carbons (Fsp3) is 0.769. The highest BCUT2D eigenvalue weighted by Crippen LogP contribution is 2.20. The summed E-state index contributed by atoms with van der Waals surface area (Å²) < 4.78 is 0. The Bertz CT molecular complexity index is 338. The summed E-state index contributed by atoms with van der Waals surface area (Å²) in [6, 6.07) is 0. The van der Waals surface area contributed by atoms with Crippen LogP contribution in [0.5, 0.6) is 0 Å². The van der Waals surface area contributed by atoms with Crippen molar-refractivity contribution in [3.63, 3.8) is 0 Å². The van der Waals surface area contributed by atoms with Gasteiger partial charge in [-0.25, -0.2) is 0 Å². The molecule has 0 aromatic rings. The average Bonchev–Trinajstić information content (AvgIpc) is 2.26. The third kappa shape index (κ3) is 6.22. The Hall–Kier alpha value is -1.59.